The van der Waals surface area contributed by atoms with Gasteiger partial charge in [-0.1, -0.05) is 0 Å². The average Bonchev–Trinajstić information content (AvgIpc) is 3.19. The summed E-state index contributed by atoms with van der Waals surface area (Å²) in [6.45, 7) is 5.97. The number of amides is 1. The molecule has 1 N–H and O–H groups in total. The van der Waals surface area contributed by atoms with E-state index >= 15 is 0 Å². The number of aryl methyl sites for hydroxylation is 2. The number of ether oxygens (including phenoxy) is 1. The van der Waals surface area contributed by atoms with Crippen LogP contribution in [0.2, 0.25) is 0 Å². The van der Waals surface area contributed by atoms with Crippen molar-refractivity contribution >= 4 is 27.5 Å². The Labute approximate surface area is 191 Å². The lowest BCUT2D eigenvalue weighted by Crippen LogP contribution is -2.48. The van der Waals surface area contributed by atoms with E-state index in [1.807, 2.05) is 36.1 Å². The second-order valence-electron chi connectivity index (χ2n) is 8.43. The van der Waals surface area contributed by atoms with E-state index < -0.39 is 0 Å². The molecule has 0 saturated carbocycles. The van der Waals surface area contributed by atoms with Crippen LogP contribution < -0.4 is 10.3 Å². The summed E-state index contributed by atoms with van der Waals surface area (Å²) in [4.78, 5) is 39.8. The molecule has 3 aromatic rings. The van der Waals surface area contributed by atoms with Crippen molar-refractivity contribution in [3.05, 3.63) is 56.4 Å². The molecule has 1 aromatic carbocycles. The van der Waals surface area contributed by atoms with Gasteiger partial charge in [-0.15, -0.1) is 11.3 Å². The highest BCUT2D eigenvalue weighted by Crippen LogP contribution is 2.33. The molecule has 32 heavy (non-hydrogen) atoms. The van der Waals surface area contributed by atoms with Gasteiger partial charge in [-0.3, -0.25) is 14.5 Å². The Morgan fingerprint density at radius 3 is 2.62 bits per heavy atom. The Bertz CT molecular complexity index is 1180. The Kier molecular flexibility index (Phi) is 5.97. The minimum absolute atomic E-state index is 0.00582. The summed E-state index contributed by atoms with van der Waals surface area (Å²) >= 11 is 1.68. The van der Waals surface area contributed by atoms with Gasteiger partial charge in [0.05, 0.1) is 18.5 Å². The summed E-state index contributed by atoms with van der Waals surface area (Å²) in [5.74, 6) is 1.54. The van der Waals surface area contributed by atoms with Crippen molar-refractivity contribution in [2.75, 3.05) is 32.8 Å². The first-order chi connectivity index (χ1) is 15.6. The largest absolute Gasteiger partial charge is 0.494 e. The minimum atomic E-state index is -0.00582. The van der Waals surface area contributed by atoms with Gasteiger partial charge in [-0.05, 0) is 62.4 Å². The highest BCUT2D eigenvalue weighted by molar-refractivity contribution is 7.18. The number of benzene rings is 1. The van der Waals surface area contributed by atoms with E-state index in [9.17, 15) is 9.59 Å². The molecular weight excluding hydrogens is 424 g/mol. The lowest BCUT2D eigenvalue weighted by molar-refractivity contribution is 0.0625. The van der Waals surface area contributed by atoms with Crippen LogP contribution in [-0.4, -0.2) is 58.5 Å². The molecule has 5 rings (SSSR count). The van der Waals surface area contributed by atoms with Crippen LogP contribution in [0.1, 0.15) is 46.4 Å². The normalized spacial score (nSPS) is 16.8. The highest BCUT2D eigenvalue weighted by Gasteiger charge is 2.24. The van der Waals surface area contributed by atoms with Crippen molar-refractivity contribution in [1.29, 1.82) is 0 Å². The van der Waals surface area contributed by atoms with Crippen LogP contribution in [0, 0.1) is 0 Å². The summed E-state index contributed by atoms with van der Waals surface area (Å²) < 4.78 is 5.45. The van der Waals surface area contributed by atoms with Crippen molar-refractivity contribution < 1.29 is 9.53 Å². The fourth-order valence-corrected chi connectivity index (χ4v) is 5.93. The van der Waals surface area contributed by atoms with Crippen LogP contribution in [0.15, 0.2) is 29.1 Å². The Morgan fingerprint density at radius 1 is 1.12 bits per heavy atom. The number of thiophene rings is 1. The van der Waals surface area contributed by atoms with Crippen LogP contribution in [0.3, 0.4) is 0 Å². The first-order valence-electron chi connectivity index (χ1n) is 11.4. The maximum Gasteiger partial charge on any atom is 0.259 e. The molecule has 1 aliphatic carbocycles. The molecule has 2 aliphatic rings. The molecule has 1 amide bonds. The van der Waals surface area contributed by atoms with Gasteiger partial charge in [0.2, 0.25) is 0 Å². The van der Waals surface area contributed by atoms with E-state index in [1.165, 1.54) is 16.9 Å². The zero-order chi connectivity index (χ0) is 22.1. The van der Waals surface area contributed by atoms with Crippen LogP contribution in [0.4, 0.5) is 0 Å². The van der Waals surface area contributed by atoms with E-state index in [2.05, 4.69) is 9.88 Å². The summed E-state index contributed by atoms with van der Waals surface area (Å²) in [6, 6.07) is 7.33. The Balaban J connectivity index is 1.22. The number of aromatic amines is 1. The highest BCUT2D eigenvalue weighted by atomic mass is 32.1. The number of fused-ring (bicyclic) bond motifs is 3. The monoisotopic (exact) mass is 452 g/mol. The van der Waals surface area contributed by atoms with Gasteiger partial charge in [0.25, 0.3) is 11.5 Å². The number of piperazine rings is 1. The molecule has 8 heteroatoms. The number of rotatable bonds is 5. The number of nitrogens with one attached hydrogen (secondary N) is 1. The summed E-state index contributed by atoms with van der Waals surface area (Å²) in [5.41, 5.74) is 1.90. The molecule has 2 aromatic heterocycles. The van der Waals surface area contributed by atoms with E-state index in [4.69, 9.17) is 9.72 Å². The van der Waals surface area contributed by atoms with E-state index in [0.717, 1.165) is 48.3 Å². The molecule has 3 heterocycles. The molecule has 0 unspecified atom stereocenters. The maximum atomic E-state index is 12.8. The van der Waals surface area contributed by atoms with Gasteiger partial charge in [0, 0.05) is 36.6 Å². The van der Waals surface area contributed by atoms with Gasteiger partial charge in [-0.2, -0.15) is 0 Å². The van der Waals surface area contributed by atoms with Gasteiger partial charge in [-0.25, -0.2) is 4.98 Å². The third-order valence-corrected chi connectivity index (χ3v) is 7.50. The van der Waals surface area contributed by atoms with Crippen molar-refractivity contribution in [1.82, 2.24) is 19.8 Å². The number of nitrogens with zero attached hydrogens (tertiary/aromatic N) is 3. The zero-order valence-corrected chi connectivity index (χ0v) is 19.2. The quantitative estimate of drug-likeness (QED) is 0.643. The van der Waals surface area contributed by atoms with Crippen molar-refractivity contribution in [3.63, 3.8) is 0 Å². The molecule has 0 atom stereocenters. The SMILES string of the molecule is CCOc1ccc(C(=O)N2CCN(Cc3nc4sc5c(c4c(=O)[nH]3)CCCC5)CC2)cc1. The van der Waals surface area contributed by atoms with E-state index in [1.54, 1.807) is 11.3 Å². The number of hydrogen-bond donors (Lipinski definition) is 1. The van der Waals surface area contributed by atoms with Crippen molar-refractivity contribution in [3.8, 4) is 5.75 Å². The number of aromatic nitrogens is 2. The standard InChI is InChI=1S/C24H28N4O3S/c1-2-31-17-9-7-16(8-10-17)24(30)28-13-11-27(12-14-28)15-20-25-22(29)21-18-5-3-4-6-19(18)32-23(21)26-20/h7-10H,2-6,11-15H2,1H3,(H,25,26,29). The molecular formula is C24H28N4O3S. The van der Waals surface area contributed by atoms with Crippen molar-refractivity contribution in [2.45, 2.75) is 39.2 Å². The van der Waals surface area contributed by atoms with E-state index in [0.29, 0.717) is 37.6 Å². The first-order valence-corrected chi connectivity index (χ1v) is 12.2. The molecule has 7 nitrogen and oxygen atoms in total. The Hall–Kier alpha value is -2.71. The number of carbonyl (C=O) groups excluding carboxylic acids is 1. The predicted molar refractivity (Wildman–Crippen MR) is 126 cm³/mol. The summed E-state index contributed by atoms with van der Waals surface area (Å²) in [7, 11) is 0. The lowest BCUT2D eigenvalue weighted by atomic mass is 9.97. The maximum absolute atomic E-state index is 12.8. The third-order valence-electron chi connectivity index (χ3n) is 6.32. The average molecular weight is 453 g/mol. The Morgan fingerprint density at radius 2 is 1.88 bits per heavy atom. The first kappa shape index (κ1) is 21.2. The zero-order valence-electron chi connectivity index (χ0n) is 18.4. The third kappa shape index (κ3) is 4.17. The van der Waals surface area contributed by atoms with Gasteiger partial charge in [0.1, 0.15) is 16.4 Å². The number of hydrogen-bond acceptors (Lipinski definition) is 6. The topological polar surface area (TPSA) is 78.5 Å². The molecule has 0 bridgehead atoms. The summed E-state index contributed by atoms with van der Waals surface area (Å²) in [6.07, 6.45) is 4.41. The smallest absolute Gasteiger partial charge is 0.259 e. The van der Waals surface area contributed by atoms with Gasteiger partial charge < -0.3 is 14.6 Å². The van der Waals surface area contributed by atoms with Crippen LogP contribution in [-0.2, 0) is 19.4 Å². The number of carbonyl (C=O) groups is 1. The number of H-pyrrole nitrogens is 1. The predicted octanol–water partition coefficient (Wildman–Crippen LogP) is 3.22. The van der Waals surface area contributed by atoms with Crippen LogP contribution >= 0.6 is 11.3 Å². The molecule has 1 saturated heterocycles. The molecule has 1 fully saturated rings. The molecule has 0 spiro atoms. The second kappa shape index (κ2) is 9.03. The van der Waals surface area contributed by atoms with Crippen LogP contribution in [0.5, 0.6) is 5.75 Å². The molecule has 168 valence electrons. The van der Waals surface area contributed by atoms with Crippen LogP contribution in [0.25, 0.3) is 10.2 Å². The minimum Gasteiger partial charge on any atom is -0.494 e. The second-order valence-corrected chi connectivity index (χ2v) is 9.51. The van der Waals surface area contributed by atoms with Crippen molar-refractivity contribution in [2.24, 2.45) is 0 Å². The lowest BCUT2D eigenvalue weighted by Gasteiger charge is -2.34. The van der Waals surface area contributed by atoms with Gasteiger partial charge in [0.15, 0.2) is 0 Å². The molecule has 0 radical (unpaired) electrons. The summed E-state index contributed by atoms with van der Waals surface area (Å²) in [5, 5.41) is 0.805. The van der Waals surface area contributed by atoms with Gasteiger partial charge >= 0.3 is 0 Å². The molecule has 1 aliphatic heterocycles. The van der Waals surface area contributed by atoms with E-state index in [-0.39, 0.29) is 11.5 Å². The fraction of sp³-hybridized carbons (Fsp3) is 0.458. The fourth-order valence-electron chi connectivity index (χ4n) is 4.65.